The Kier molecular flexibility index (Phi) is 3.21. The summed E-state index contributed by atoms with van der Waals surface area (Å²) in [7, 11) is 0. The molecule has 76 valence electrons. The number of hydrogen-bond donors (Lipinski definition) is 0. The number of allylic oxidation sites excluding steroid dienone is 1. The summed E-state index contributed by atoms with van der Waals surface area (Å²) in [5.41, 5.74) is -0.306. The van der Waals surface area contributed by atoms with Gasteiger partial charge in [0.15, 0.2) is 0 Å². The van der Waals surface area contributed by atoms with Gasteiger partial charge in [-0.3, -0.25) is 0 Å². The molecule has 0 aliphatic carbocycles. The van der Waals surface area contributed by atoms with Crippen molar-refractivity contribution in [3.05, 3.63) is 40.4 Å². The first kappa shape index (κ1) is 11.1. The molecule has 0 N–H and O–H groups in total. The van der Waals surface area contributed by atoms with Crippen LogP contribution in [-0.2, 0) is 6.18 Å². The van der Waals surface area contributed by atoms with Crippen LogP contribution in [0.5, 0.6) is 0 Å². The molecule has 0 saturated carbocycles. The molecule has 0 bridgehead atoms. The molecule has 0 heterocycles. The molecule has 1 rings (SSSR count). The van der Waals surface area contributed by atoms with Crippen LogP contribution in [0, 0.1) is 0 Å². The molecule has 0 atom stereocenters. The average molecular weight is 221 g/mol. The molecule has 0 aromatic heterocycles. The van der Waals surface area contributed by atoms with Gasteiger partial charge >= 0.3 is 6.18 Å². The Morgan fingerprint density at radius 1 is 1.29 bits per heavy atom. The Hall–Kier alpha value is -0.960. The predicted molar refractivity (Wildman–Crippen MR) is 51.2 cm³/mol. The molecular formula is C10H8ClF3. The van der Waals surface area contributed by atoms with Crippen molar-refractivity contribution in [2.45, 2.75) is 13.1 Å². The van der Waals surface area contributed by atoms with Gasteiger partial charge in [-0.05, 0) is 24.6 Å². The normalized spacial score (nSPS) is 12.4. The van der Waals surface area contributed by atoms with E-state index in [4.69, 9.17) is 11.6 Å². The molecule has 0 aliphatic rings. The molecule has 0 radical (unpaired) electrons. The molecular weight excluding hydrogens is 213 g/mol. The van der Waals surface area contributed by atoms with Crippen LogP contribution < -0.4 is 0 Å². The van der Waals surface area contributed by atoms with Crippen LogP contribution in [0.3, 0.4) is 0 Å². The first-order valence-electron chi connectivity index (χ1n) is 3.94. The van der Waals surface area contributed by atoms with Gasteiger partial charge < -0.3 is 0 Å². The highest BCUT2D eigenvalue weighted by atomic mass is 35.5. The lowest BCUT2D eigenvalue weighted by Crippen LogP contribution is -2.05. The van der Waals surface area contributed by atoms with E-state index in [-0.39, 0.29) is 5.02 Å². The standard InChI is InChI=1S/C10H8ClF3/c1-2-3-7-4-5-9(11)8(6-7)10(12,13)14/h2-6H,1H3/b3-2+. The molecule has 0 fully saturated rings. The predicted octanol–water partition coefficient (Wildman–Crippen LogP) is 4.39. The van der Waals surface area contributed by atoms with Gasteiger partial charge in [0.05, 0.1) is 10.6 Å². The highest BCUT2D eigenvalue weighted by molar-refractivity contribution is 6.31. The average Bonchev–Trinajstić information content (AvgIpc) is 2.07. The lowest BCUT2D eigenvalue weighted by atomic mass is 10.1. The summed E-state index contributed by atoms with van der Waals surface area (Å²) in [5.74, 6) is 0. The Bertz CT molecular complexity index is 353. The molecule has 0 unspecified atom stereocenters. The topological polar surface area (TPSA) is 0 Å². The maximum absolute atomic E-state index is 12.4. The zero-order valence-electron chi connectivity index (χ0n) is 7.40. The smallest absolute Gasteiger partial charge is 0.166 e. The first-order valence-corrected chi connectivity index (χ1v) is 4.32. The minimum absolute atomic E-state index is 0.272. The summed E-state index contributed by atoms with van der Waals surface area (Å²) in [4.78, 5) is 0. The van der Waals surface area contributed by atoms with Crippen molar-refractivity contribution in [3.8, 4) is 0 Å². The van der Waals surface area contributed by atoms with Crippen LogP contribution in [0.4, 0.5) is 13.2 Å². The quantitative estimate of drug-likeness (QED) is 0.658. The minimum atomic E-state index is -4.39. The largest absolute Gasteiger partial charge is 0.417 e. The molecule has 4 heteroatoms. The van der Waals surface area contributed by atoms with Crippen LogP contribution in [0.15, 0.2) is 24.3 Å². The van der Waals surface area contributed by atoms with Crippen molar-refractivity contribution in [2.24, 2.45) is 0 Å². The van der Waals surface area contributed by atoms with Crippen LogP contribution in [0.25, 0.3) is 6.08 Å². The molecule has 14 heavy (non-hydrogen) atoms. The molecule has 0 spiro atoms. The lowest BCUT2D eigenvalue weighted by Gasteiger charge is -2.09. The highest BCUT2D eigenvalue weighted by Gasteiger charge is 2.33. The fourth-order valence-corrected chi connectivity index (χ4v) is 1.28. The third-order valence-corrected chi connectivity index (χ3v) is 1.98. The third-order valence-electron chi connectivity index (χ3n) is 1.65. The highest BCUT2D eigenvalue weighted by Crippen LogP contribution is 2.35. The number of hydrogen-bond acceptors (Lipinski definition) is 0. The number of halogens is 4. The van der Waals surface area contributed by atoms with Gasteiger partial charge in [-0.1, -0.05) is 29.8 Å². The van der Waals surface area contributed by atoms with Gasteiger partial charge in [-0.25, -0.2) is 0 Å². The molecule has 1 aromatic carbocycles. The van der Waals surface area contributed by atoms with Crippen molar-refractivity contribution < 1.29 is 13.2 Å². The Morgan fingerprint density at radius 2 is 1.93 bits per heavy atom. The van der Waals surface area contributed by atoms with Crippen LogP contribution in [-0.4, -0.2) is 0 Å². The summed E-state index contributed by atoms with van der Waals surface area (Å²) in [6.45, 7) is 1.74. The van der Waals surface area contributed by atoms with Crippen molar-refractivity contribution in [1.29, 1.82) is 0 Å². The van der Waals surface area contributed by atoms with Gasteiger partial charge in [-0.2, -0.15) is 13.2 Å². The first-order chi connectivity index (χ1) is 6.45. The minimum Gasteiger partial charge on any atom is -0.166 e. The van der Waals surface area contributed by atoms with E-state index in [1.165, 1.54) is 12.1 Å². The van der Waals surface area contributed by atoms with Gasteiger partial charge in [0.2, 0.25) is 0 Å². The van der Waals surface area contributed by atoms with Crippen molar-refractivity contribution in [2.75, 3.05) is 0 Å². The second kappa shape index (κ2) is 4.05. The van der Waals surface area contributed by atoms with Gasteiger partial charge in [0, 0.05) is 0 Å². The van der Waals surface area contributed by atoms with Crippen molar-refractivity contribution >= 4 is 17.7 Å². The van der Waals surface area contributed by atoms with E-state index in [1.54, 1.807) is 19.1 Å². The number of rotatable bonds is 1. The second-order valence-electron chi connectivity index (χ2n) is 2.74. The fourth-order valence-electron chi connectivity index (χ4n) is 1.06. The summed E-state index contributed by atoms with van der Waals surface area (Å²) >= 11 is 5.44. The maximum atomic E-state index is 12.4. The fraction of sp³-hybridized carbons (Fsp3) is 0.200. The summed E-state index contributed by atoms with van der Waals surface area (Å²) in [6, 6.07) is 3.82. The van der Waals surface area contributed by atoms with Crippen molar-refractivity contribution in [3.63, 3.8) is 0 Å². The van der Waals surface area contributed by atoms with Crippen LogP contribution >= 0.6 is 11.6 Å². The van der Waals surface area contributed by atoms with Crippen LogP contribution in [0.2, 0.25) is 5.02 Å². The van der Waals surface area contributed by atoms with Gasteiger partial charge in [0.1, 0.15) is 0 Å². The van der Waals surface area contributed by atoms with Gasteiger partial charge in [-0.15, -0.1) is 0 Å². The Balaban J connectivity index is 3.22. The van der Waals surface area contributed by atoms with E-state index in [9.17, 15) is 13.2 Å². The van der Waals surface area contributed by atoms with E-state index >= 15 is 0 Å². The summed E-state index contributed by atoms with van der Waals surface area (Å²) in [6.07, 6.45) is -1.14. The number of alkyl halides is 3. The molecule has 0 amide bonds. The Morgan fingerprint density at radius 3 is 2.43 bits per heavy atom. The SMILES string of the molecule is C/C=C/c1ccc(Cl)c(C(F)(F)F)c1. The van der Waals surface area contributed by atoms with E-state index in [1.807, 2.05) is 0 Å². The van der Waals surface area contributed by atoms with E-state index in [0.717, 1.165) is 6.07 Å². The van der Waals surface area contributed by atoms with Gasteiger partial charge in [0.25, 0.3) is 0 Å². The molecule has 0 nitrogen and oxygen atoms in total. The Labute approximate surface area is 85.0 Å². The monoisotopic (exact) mass is 220 g/mol. The summed E-state index contributed by atoms with van der Waals surface area (Å²) in [5, 5.41) is -0.272. The van der Waals surface area contributed by atoms with E-state index < -0.39 is 11.7 Å². The molecule has 1 aromatic rings. The second-order valence-corrected chi connectivity index (χ2v) is 3.14. The number of benzene rings is 1. The van der Waals surface area contributed by atoms with E-state index in [2.05, 4.69) is 0 Å². The maximum Gasteiger partial charge on any atom is 0.417 e. The zero-order chi connectivity index (χ0) is 10.8. The third kappa shape index (κ3) is 2.51. The van der Waals surface area contributed by atoms with E-state index in [0.29, 0.717) is 5.56 Å². The van der Waals surface area contributed by atoms with Crippen molar-refractivity contribution in [1.82, 2.24) is 0 Å². The zero-order valence-corrected chi connectivity index (χ0v) is 8.15. The lowest BCUT2D eigenvalue weighted by molar-refractivity contribution is -0.137. The molecule has 0 saturated heterocycles. The van der Waals surface area contributed by atoms with Crippen LogP contribution in [0.1, 0.15) is 18.1 Å². The molecule has 0 aliphatic heterocycles. The summed E-state index contributed by atoms with van der Waals surface area (Å²) < 4.78 is 37.1.